The van der Waals surface area contributed by atoms with Crippen LogP contribution in [0.25, 0.3) is 10.6 Å². The molecule has 86 valence electrons. The van der Waals surface area contributed by atoms with Gasteiger partial charge in [-0.2, -0.15) is 0 Å². The maximum atomic E-state index is 5.32. The summed E-state index contributed by atoms with van der Waals surface area (Å²) in [6.07, 6.45) is 8.90. The third-order valence-corrected chi connectivity index (χ3v) is 3.68. The molecule has 0 spiro atoms. The van der Waals surface area contributed by atoms with Crippen LogP contribution < -0.4 is 4.90 Å². The van der Waals surface area contributed by atoms with Crippen LogP contribution in [-0.4, -0.2) is 23.6 Å². The molecule has 2 rings (SSSR count). The number of rotatable bonds is 3. The number of hydrogen-bond donors (Lipinski definition) is 0. The van der Waals surface area contributed by atoms with E-state index in [1.807, 2.05) is 37.2 Å². The van der Waals surface area contributed by atoms with Crippen molar-refractivity contribution in [1.29, 1.82) is 0 Å². The zero-order valence-corrected chi connectivity index (χ0v) is 10.7. The fourth-order valence-corrected chi connectivity index (χ4v) is 2.58. The van der Waals surface area contributed by atoms with Crippen LogP contribution in [0.1, 0.15) is 5.69 Å². The van der Waals surface area contributed by atoms with Crippen molar-refractivity contribution >= 4 is 16.3 Å². The normalized spacial score (nSPS) is 9.94. The summed E-state index contributed by atoms with van der Waals surface area (Å²) in [4.78, 5) is 10.7. The second-order valence-electron chi connectivity index (χ2n) is 3.71. The summed E-state index contributed by atoms with van der Waals surface area (Å²) in [5, 5.41) is 2.09. The maximum absolute atomic E-state index is 5.32. The Morgan fingerprint density at radius 3 is 3.00 bits per heavy atom. The Morgan fingerprint density at radius 2 is 2.35 bits per heavy atom. The first-order chi connectivity index (χ1) is 8.22. The predicted octanol–water partition coefficient (Wildman–Crippen LogP) is 2.58. The Morgan fingerprint density at radius 1 is 1.53 bits per heavy atom. The Balaban J connectivity index is 2.35. The average Bonchev–Trinajstić information content (AvgIpc) is 2.73. The zero-order valence-electron chi connectivity index (χ0n) is 9.84. The van der Waals surface area contributed by atoms with Crippen LogP contribution in [0.5, 0.6) is 0 Å². The van der Waals surface area contributed by atoms with E-state index < -0.39 is 0 Å². The number of aromatic nitrogens is 2. The predicted molar refractivity (Wildman–Crippen MR) is 72.2 cm³/mol. The first-order valence-corrected chi connectivity index (χ1v) is 6.06. The smallest absolute Gasteiger partial charge is 0.127 e. The van der Waals surface area contributed by atoms with Crippen molar-refractivity contribution < 1.29 is 0 Å². The van der Waals surface area contributed by atoms with Crippen LogP contribution in [0.2, 0.25) is 0 Å². The van der Waals surface area contributed by atoms with Crippen molar-refractivity contribution in [3.63, 3.8) is 0 Å². The first kappa shape index (κ1) is 11.6. The highest BCUT2D eigenvalue weighted by Gasteiger charge is 2.12. The molecule has 0 unspecified atom stereocenters. The monoisotopic (exact) mass is 243 g/mol. The highest BCUT2D eigenvalue weighted by molar-refractivity contribution is 7.19. The van der Waals surface area contributed by atoms with Gasteiger partial charge in [-0.15, -0.1) is 6.42 Å². The maximum Gasteiger partial charge on any atom is 0.127 e. The number of pyridine rings is 1. The molecule has 17 heavy (non-hydrogen) atoms. The summed E-state index contributed by atoms with van der Waals surface area (Å²) in [5.74, 6) is 2.63. The first-order valence-electron chi connectivity index (χ1n) is 5.25. The molecule has 0 fully saturated rings. The average molecular weight is 243 g/mol. The quantitative estimate of drug-likeness (QED) is 0.776. The zero-order chi connectivity index (χ0) is 12.3. The van der Waals surface area contributed by atoms with Gasteiger partial charge >= 0.3 is 0 Å². The van der Waals surface area contributed by atoms with Crippen LogP contribution in [0.15, 0.2) is 24.5 Å². The van der Waals surface area contributed by atoms with Gasteiger partial charge in [0.1, 0.15) is 10.0 Å². The van der Waals surface area contributed by atoms with Gasteiger partial charge < -0.3 is 4.90 Å². The summed E-state index contributed by atoms with van der Waals surface area (Å²) < 4.78 is 0. The third-order valence-electron chi connectivity index (χ3n) is 2.36. The van der Waals surface area contributed by atoms with Gasteiger partial charge in [-0.1, -0.05) is 17.3 Å². The third kappa shape index (κ3) is 2.45. The molecule has 2 aromatic heterocycles. The molecule has 0 radical (unpaired) electrons. The van der Waals surface area contributed by atoms with Gasteiger partial charge in [0.25, 0.3) is 0 Å². The van der Waals surface area contributed by atoms with E-state index in [0.717, 1.165) is 21.3 Å². The van der Waals surface area contributed by atoms with Crippen LogP contribution in [0, 0.1) is 19.3 Å². The highest BCUT2D eigenvalue weighted by atomic mass is 32.1. The van der Waals surface area contributed by atoms with Crippen LogP contribution >= 0.6 is 11.3 Å². The van der Waals surface area contributed by atoms with Crippen molar-refractivity contribution in [3.05, 3.63) is 30.2 Å². The molecule has 2 heterocycles. The minimum absolute atomic E-state index is 0.593. The lowest BCUT2D eigenvalue weighted by Gasteiger charge is -2.13. The van der Waals surface area contributed by atoms with Crippen molar-refractivity contribution in [2.75, 3.05) is 18.5 Å². The molecular weight excluding hydrogens is 230 g/mol. The Bertz CT molecular complexity index is 540. The number of aryl methyl sites for hydroxylation is 1. The van der Waals surface area contributed by atoms with Gasteiger partial charge in [0.2, 0.25) is 0 Å². The van der Waals surface area contributed by atoms with E-state index >= 15 is 0 Å². The van der Waals surface area contributed by atoms with Gasteiger partial charge in [0.15, 0.2) is 0 Å². The molecule has 0 aliphatic rings. The molecule has 2 aromatic rings. The number of thiazole rings is 1. The van der Waals surface area contributed by atoms with Gasteiger partial charge in [-0.3, -0.25) is 4.98 Å². The van der Waals surface area contributed by atoms with Crippen molar-refractivity contribution in [3.8, 4) is 22.9 Å². The van der Waals surface area contributed by atoms with E-state index in [4.69, 9.17) is 6.42 Å². The fraction of sp³-hybridized carbons (Fsp3) is 0.231. The summed E-state index contributed by atoms with van der Waals surface area (Å²) in [6, 6.07) is 3.92. The second-order valence-corrected chi connectivity index (χ2v) is 4.69. The summed E-state index contributed by atoms with van der Waals surface area (Å²) in [6.45, 7) is 2.59. The van der Waals surface area contributed by atoms with Crippen LogP contribution in [0.4, 0.5) is 5.00 Å². The molecule has 0 amide bonds. The standard InChI is InChI=1S/C13H13N3S/c1-4-8-16(3)13-10(2)15-12(17-13)11-6-5-7-14-9-11/h1,5-7,9H,8H2,2-3H3. The Labute approximate surface area is 105 Å². The van der Waals surface area contributed by atoms with Crippen molar-refractivity contribution in [1.82, 2.24) is 9.97 Å². The van der Waals surface area contributed by atoms with Gasteiger partial charge in [-0.25, -0.2) is 4.98 Å². The molecule has 0 aliphatic heterocycles. The molecule has 0 bridgehead atoms. The SMILES string of the molecule is C#CCN(C)c1sc(-c2cccnc2)nc1C. The van der Waals surface area contributed by atoms with Gasteiger partial charge in [-0.05, 0) is 19.1 Å². The summed E-state index contributed by atoms with van der Waals surface area (Å²) in [7, 11) is 1.98. The minimum atomic E-state index is 0.593. The molecule has 0 saturated carbocycles. The molecule has 0 aromatic carbocycles. The number of anilines is 1. The Hall–Kier alpha value is -1.86. The van der Waals surface area contributed by atoms with E-state index in [9.17, 15) is 0 Å². The lowest BCUT2D eigenvalue weighted by atomic mass is 10.3. The second kappa shape index (κ2) is 4.98. The van der Waals surface area contributed by atoms with Crippen LogP contribution in [-0.2, 0) is 0 Å². The molecule has 0 aliphatic carbocycles. The fourth-order valence-electron chi connectivity index (χ4n) is 1.56. The largest absolute Gasteiger partial charge is 0.354 e. The summed E-state index contributed by atoms with van der Waals surface area (Å²) in [5.41, 5.74) is 2.05. The topological polar surface area (TPSA) is 29.0 Å². The lowest BCUT2D eigenvalue weighted by Crippen LogP contribution is -2.16. The summed E-state index contributed by atoms with van der Waals surface area (Å²) >= 11 is 1.64. The van der Waals surface area contributed by atoms with Crippen molar-refractivity contribution in [2.24, 2.45) is 0 Å². The lowest BCUT2D eigenvalue weighted by molar-refractivity contribution is 1.05. The van der Waals surface area contributed by atoms with Crippen LogP contribution in [0.3, 0.4) is 0 Å². The van der Waals surface area contributed by atoms with Gasteiger partial charge in [0, 0.05) is 25.0 Å². The van der Waals surface area contributed by atoms with E-state index in [2.05, 4.69) is 15.9 Å². The van der Waals surface area contributed by atoms with E-state index in [1.165, 1.54) is 0 Å². The molecule has 0 N–H and O–H groups in total. The van der Waals surface area contributed by atoms with E-state index in [-0.39, 0.29) is 0 Å². The molecule has 0 saturated heterocycles. The number of hydrogen-bond acceptors (Lipinski definition) is 4. The molecule has 0 atom stereocenters. The number of terminal acetylenes is 1. The highest BCUT2D eigenvalue weighted by Crippen LogP contribution is 2.33. The van der Waals surface area contributed by atoms with E-state index in [0.29, 0.717) is 6.54 Å². The molecule has 4 heteroatoms. The molecule has 3 nitrogen and oxygen atoms in total. The number of nitrogens with zero attached hydrogens (tertiary/aromatic N) is 3. The van der Waals surface area contributed by atoms with Gasteiger partial charge in [0.05, 0.1) is 12.2 Å². The molecular formula is C13H13N3S. The van der Waals surface area contributed by atoms with Crippen molar-refractivity contribution in [2.45, 2.75) is 6.92 Å². The minimum Gasteiger partial charge on any atom is -0.354 e. The van der Waals surface area contributed by atoms with E-state index in [1.54, 1.807) is 17.5 Å². The Kier molecular flexibility index (Phi) is 3.40.